The fourth-order valence-corrected chi connectivity index (χ4v) is 3.31. The number of fused-ring (bicyclic) bond motifs is 2. The molecule has 2 aliphatic rings. The van der Waals surface area contributed by atoms with Gasteiger partial charge in [0.15, 0.2) is 23.2 Å². The predicted octanol–water partition coefficient (Wildman–Crippen LogP) is -4.04. The minimum Gasteiger partial charge on any atom is -0.396 e. The monoisotopic (exact) mass is 494 g/mol. The highest BCUT2D eigenvalue weighted by Crippen LogP contribution is 2.26. The summed E-state index contributed by atoms with van der Waals surface area (Å²) in [6.45, 7) is -0.366. The van der Waals surface area contributed by atoms with E-state index in [-0.39, 0.29) is 67.5 Å². The van der Waals surface area contributed by atoms with Crippen LogP contribution in [-0.2, 0) is 9.59 Å². The van der Waals surface area contributed by atoms with Gasteiger partial charge in [-0.1, -0.05) is 0 Å². The summed E-state index contributed by atoms with van der Waals surface area (Å²) in [5, 5.41) is 32.1. The van der Waals surface area contributed by atoms with Crippen LogP contribution in [0, 0.1) is 0 Å². The van der Waals surface area contributed by atoms with Crippen LogP contribution in [0.4, 0.5) is 34.9 Å². The number of aromatic amines is 2. The van der Waals surface area contributed by atoms with Gasteiger partial charge in [0.1, 0.15) is 17.5 Å². The van der Waals surface area contributed by atoms with Gasteiger partial charge in [-0.25, -0.2) is 0 Å². The maximum atomic E-state index is 11.5. The van der Waals surface area contributed by atoms with Gasteiger partial charge in [0.2, 0.25) is 11.9 Å². The molecule has 0 aromatic carbocycles. The Morgan fingerprint density at radius 1 is 0.914 bits per heavy atom. The highest BCUT2D eigenvalue weighted by Gasteiger charge is 2.27. The molecule has 1 unspecified atom stereocenters. The molecule has 35 heavy (non-hydrogen) atoms. The number of nitrogens with zero attached hydrogens (tertiary/aromatic N) is 4. The summed E-state index contributed by atoms with van der Waals surface area (Å²) in [6, 6.07) is 0. The lowest BCUT2D eigenvalue weighted by atomic mass is 10.2. The normalized spacial score (nSPS) is 14.3. The third-order valence-corrected chi connectivity index (χ3v) is 4.98. The molecule has 0 amide bonds. The van der Waals surface area contributed by atoms with Crippen molar-refractivity contribution in [3.05, 3.63) is 20.7 Å². The van der Waals surface area contributed by atoms with E-state index in [9.17, 15) is 24.3 Å². The Morgan fingerprint density at radius 2 is 1.40 bits per heavy atom. The minimum atomic E-state index is -1.44. The number of nitrogens with one attached hydrogen (secondary N) is 4. The minimum absolute atomic E-state index is 0.0112. The van der Waals surface area contributed by atoms with Crippen LogP contribution in [0.5, 0.6) is 0 Å². The van der Waals surface area contributed by atoms with E-state index in [0.717, 1.165) is 0 Å². The van der Waals surface area contributed by atoms with E-state index in [1.165, 1.54) is 4.90 Å². The molecule has 0 bridgehead atoms. The highest BCUT2D eigenvalue weighted by atomic mass is 16.3. The first-order chi connectivity index (χ1) is 16.6. The lowest BCUT2D eigenvalue weighted by Gasteiger charge is -2.17. The fraction of sp³-hybridized carbons (Fsp3) is 0.444. The topological polar surface area (TPSA) is 269 Å². The molecule has 4 rings (SSSR count). The van der Waals surface area contributed by atoms with Gasteiger partial charge in [0.05, 0.1) is 39.6 Å². The Balaban J connectivity index is 0.000000196. The molecule has 2 aliphatic heterocycles. The molecule has 11 N–H and O–H groups in total. The van der Waals surface area contributed by atoms with Crippen molar-refractivity contribution >= 4 is 46.5 Å². The lowest BCUT2D eigenvalue weighted by Crippen LogP contribution is -2.37. The van der Waals surface area contributed by atoms with Crippen LogP contribution in [0.15, 0.2) is 9.59 Å². The standard InChI is InChI=1S/C9H13N5O4.C9H13N5O3/c10-9-12-7-6(8(18)13-9)11-3-14(7)1-4(16)5(17)2-15;10-9-12-7-6(8(17)13-9)11-4-14(7)3-5(16)1-2-15/h5,11,15,17H,1-3H2,(H3,10,12,13,18);11,15H,1-4H2,(H3,10,12,13,17). The van der Waals surface area contributed by atoms with Gasteiger partial charge >= 0.3 is 0 Å². The molecule has 17 nitrogen and oxygen atoms in total. The van der Waals surface area contributed by atoms with Gasteiger partial charge < -0.3 is 47.2 Å². The molecule has 190 valence electrons. The number of hydrogen-bond donors (Lipinski definition) is 9. The number of ketones is 2. The number of carbonyl (C=O) groups is 2. The maximum absolute atomic E-state index is 11.5. The molecular weight excluding hydrogens is 468 g/mol. The predicted molar refractivity (Wildman–Crippen MR) is 125 cm³/mol. The third kappa shape index (κ3) is 5.83. The van der Waals surface area contributed by atoms with Crippen molar-refractivity contribution in [2.75, 3.05) is 71.5 Å². The van der Waals surface area contributed by atoms with Crippen molar-refractivity contribution in [2.45, 2.75) is 12.5 Å². The van der Waals surface area contributed by atoms with Crippen LogP contribution in [0.1, 0.15) is 6.42 Å². The van der Waals surface area contributed by atoms with Gasteiger partial charge in [0, 0.05) is 6.42 Å². The van der Waals surface area contributed by atoms with E-state index in [1.54, 1.807) is 4.90 Å². The summed E-state index contributed by atoms with van der Waals surface area (Å²) in [5.74, 6) is -0.0949. The maximum Gasteiger partial charge on any atom is 0.277 e. The highest BCUT2D eigenvalue weighted by molar-refractivity contribution is 5.89. The third-order valence-electron chi connectivity index (χ3n) is 4.98. The van der Waals surface area contributed by atoms with E-state index in [1.807, 2.05) is 0 Å². The quantitative estimate of drug-likeness (QED) is 0.169. The van der Waals surface area contributed by atoms with Crippen molar-refractivity contribution in [1.29, 1.82) is 0 Å². The summed E-state index contributed by atoms with van der Waals surface area (Å²) in [7, 11) is 0. The molecule has 0 spiro atoms. The van der Waals surface area contributed by atoms with E-state index in [4.69, 9.17) is 21.7 Å². The second kappa shape index (κ2) is 10.8. The first-order valence-electron chi connectivity index (χ1n) is 10.4. The molecule has 4 heterocycles. The Morgan fingerprint density at radius 3 is 1.86 bits per heavy atom. The summed E-state index contributed by atoms with van der Waals surface area (Å²) < 4.78 is 0. The Kier molecular flexibility index (Phi) is 7.84. The van der Waals surface area contributed by atoms with Crippen molar-refractivity contribution < 1.29 is 24.9 Å². The second-order valence-corrected chi connectivity index (χ2v) is 7.54. The average Bonchev–Trinajstić information content (AvgIpc) is 3.38. The summed E-state index contributed by atoms with van der Waals surface area (Å²) in [5.41, 5.74) is 10.6. The Labute approximate surface area is 196 Å². The molecule has 0 saturated heterocycles. The average molecular weight is 494 g/mol. The number of carbonyl (C=O) groups excluding carboxylic acids is 2. The smallest absolute Gasteiger partial charge is 0.277 e. The zero-order valence-electron chi connectivity index (χ0n) is 18.4. The summed E-state index contributed by atoms with van der Waals surface area (Å²) >= 11 is 0. The molecule has 0 fully saturated rings. The van der Waals surface area contributed by atoms with Crippen LogP contribution in [-0.4, -0.2) is 92.6 Å². The van der Waals surface area contributed by atoms with Crippen LogP contribution in [0.2, 0.25) is 0 Å². The van der Waals surface area contributed by atoms with E-state index in [0.29, 0.717) is 18.2 Å². The Bertz CT molecular complexity index is 1210. The zero-order chi connectivity index (χ0) is 25.7. The number of nitrogens with two attached hydrogens (primary N) is 2. The first-order valence-corrected chi connectivity index (χ1v) is 10.4. The molecular formula is C18H26N10O7. The van der Waals surface area contributed by atoms with Gasteiger partial charge in [-0.2, -0.15) is 9.97 Å². The lowest BCUT2D eigenvalue weighted by molar-refractivity contribution is -0.127. The van der Waals surface area contributed by atoms with Gasteiger partial charge in [-0.3, -0.25) is 29.1 Å². The number of rotatable bonds is 8. The Hall–Kier alpha value is -4.22. The zero-order valence-corrected chi connectivity index (χ0v) is 18.4. The van der Waals surface area contributed by atoms with Crippen LogP contribution >= 0.6 is 0 Å². The number of nitrogen functional groups attached to an aromatic ring is 2. The molecule has 1 atom stereocenters. The van der Waals surface area contributed by atoms with Crippen molar-refractivity contribution in [2.24, 2.45) is 0 Å². The van der Waals surface area contributed by atoms with E-state index >= 15 is 0 Å². The van der Waals surface area contributed by atoms with Crippen molar-refractivity contribution in [1.82, 2.24) is 19.9 Å². The molecule has 0 radical (unpaired) electrons. The largest absolute Gasteiger partial charge is 0.396 e. The molecule has 2 aromatic rings. The SMILES string of the molecule is Nc1nc2c(c(=O)[nH]1)NCN2CC(=O)C(O)CO.Nc1nc2c(c(=O)[nH]1)NCN2CC(=O)CCO. The molecule has 17 heteroatoms. The van der Waals surface area contributed by atoms with Gasteiger partial charge in [-0.15, -0.1) is 0 Å². The van der Waals surface area contributed by atoms with E-state index in [2.05, 4.69) is 30.6 Å². The van der Waals surface area contributed by atoms with Crippen LogP contribution in [0.3, 0.4) is 0 Å². The van der Waals surface area contributed by atoms with Crippen molar-refractivity contribution in [3.8, 4) is 0 Å². The molecule has 0 aliphatic carbocycles. The summed E-state index contributed by atoms with van der Waals surface area (Å²) in [6.07, 6.45) is -1.35. The van der Waals surface area contributed by atoms with Crippen LogP contribution < -0.4 is 43.0 Å². The number of hydrogen-bond acceptors (Lipinski definition) is 15. The fourth-order valence-electron chi connectivity index (χ4n) is 3.31. The number of Topliss-reactive ketones (excluding diaryl/α,β-unsaturated/α-hetero) is 2. The number of aromatic nitrogens is 4. The number of anilines is 6. The molecule has 0 saturated carbocycles. The number of H-pyrrole nitrogens is 2. The van der Waals surface area contributed by atoms with E-state index < -0.39 is 24.1 Å². The second-order valence-electron chi connectivity index (χ2n) is 7.54. The molecule has 2 aromatic heterocycles. The van der Waals surface area contributed by atoms with Crippen LogP contribution in [0.25, 0.3) is 0 Å². The number of aliphatic hydroxyl groups excluding tert-OH is 3. The number of aliphatic hydroxyl groups is 3. The van der Waals surface area contributed by atoms with Gasteiger partial charge in [-0.05, 0) is 0 Å². The first kappa shape index (κ1) is 25.4. The van der Waals surface area contributed by atoms with Gasteiger partial charge in [0.25, 0.3) is 11.1 Å². The summed E-state index contributed by atoms with van der Waals surface area (Å²) in [4.78, 5) is 61.6. The van der Waals surface area contributed by atoms with Crippen molar-refractivity contribution in [3.63, 3.8) is 0 Å².